The maximum atomic E-state index is 13.0. The highest BCUT2D eigenvalue weighted by Crippen LogP contribution is 2.30. The van der Waals surface area contributed by atoms with Gasteiger partial charge in [-0.05, 0) is 52.8 Å². The van der Waals surface area contributed by atoms with Gasteiger partial charge in [-0.15, -0.1) is 0 Å². The highest BCUT2D eigenvalue weighted by Gasteiger charge is 2.31. The first-order valence-corrected chi connectivity index (χ1v) is 9.16. The maximum absolute atomic E-state index is 13.0. The number of aromatic nitrogens is 2. The molecule has 0 unspecified atom stereocenters. The molecule has 1 N–H and O–H groups in total. The average molecular weight is 410 g/mol. The van der Waals surface area contributed by atoms with Crippen molar-refractivity contribution in [2.24, 2.45) is 0 Å². The molecule has 1 aromatic heterocycles. The van der Waals surface area contributed by atoms with E-state index in [9.17, 15) is 22.8 Å². The zero-order valence-electron chi connectivity index (χ0n) is 17.1. The van der Waals surface area contributed by atoms with Gasteiger partial charge in [-0.1, -0.05) is 6.07 Å². The van der Waals surface area contributed by atoms with Gasteiger partial charge < -0.3 is 10.2 Å². The van der Waals surface area contributed by atoms with E-state index in [1.165, 1.54) is 27.9 Å². The summed E-state index contributed by atoms with van der Waals surface area (Å²) in [5, 5.41) is 6.88. The third-order valence-corrected chi connectivity index (χ3v) is 4.18. The standard InChI is InChI=1S/C20H25F3N4O2/c1-6-26(12-17(28)25-19(3,4)5)18(29)16-11-24-27(13(16)2)15-9-7-8-14(10-15)20(21,22)23/h7-11H,6,12H2,1-5H3,(H,25,28). The van der Waals surface area contributed by atoms with Gasteiger partial charge in [0.1, 0.15) is 0 Å². The molecule has 2 rings (SSSR count). The minimum Gasteiger partial charge on any atom is -0.350 e. The van der Waals surface area contributed by atoms with Crippen molar-refractivity contribution < 1.29 is 22.8 Å². The van der Waals surface area contributed by atoms with Gasteiger partial charge in [0.25, 0.3) is 5.91 Å². The fourth-order valence-electron chi connectivity index (χ4n) is 2.82. The van der Waals surface area contributed by atoms with E-state index >= 15 is 0 Å². The molecule has 0 bridgehead atoms. The summed E-state index contributed by atoms with van der Waals surface area (Å²) in [6.07, 6.45) is -3.17. The molecule has 0 saturated heterocycles. The quantitative estimate of drug-likeness (QED) is 0.819. The van der Waals surface area contributed by atoms with Gasteiger partial charge in [0, 0.05) is 12.1 Å². The van der Waals surface area contributed by atoms with Crippen molar-refractivity contribution in [1.29, 1.82) is 0 Å². The third-order valence-electron chi connectivity index (χ3n) is 4.18. The summed E-state index contributed by atoms with van der Waals surface area (Å²) >= 11 is 0. The van der Waals surface area contributed by atoms with Crippen molar-refractivity contribution >= 4 is 11.8 Å². The number of nitrogens with one attached hydrogen (secondary N) is 1. The van der Waals surface area contributed by atoms with E-state index in [-0.39, 0.29) is 23.7 Å². The second-order valence-electron chi connectivity index (χ2n) is 7.72. The van der Waals surface area contributed by atoms with Crippen LogP contribution in [0.4, 0.5) is 13.2 Å². The minimum absolute atomic E-state index is 0.124. The Hall–Kier alpha value is -2.84. The van der Waals surface area contributed by atoms with Crippen molar-refractivity contribution in [3.05, 3.63) is 47.3 Å². The molecule has 158 valence electrons. The van der Waals surface area contributed by atoms with Crippen LogP contribution in [-0.2, 0) is 11.0 Å². The Balaban J connectivity index is 2.28. The summed E-state index contributed by atoms with van der Waals surface area (Å²) in [5.74, 6) is -0.706. The first-order valence-electron chi connectivity index (χ1n) is 9.16. The molecule has 29 heavy (non-hydrogen) atoms. The number of halogens is 3. The lowest BCUT2D eigenvalue weighted by atomic mass is 10.1. The van der Waals surface area contributed by atoms with Crippen LogP contribution in [0.1, 0.15) is 49.3 Å². The SMILES string of the molecule is CCN(CC(=O)NC(C)(C)C)C(=O)c1cnn(-c2cccc(C(F)(F)F)c2)c1C. The number of nitrogens with zero attached hydrogens (tertiary/aromatic N) is 3. The first kappa shape index (κ1) is 22.4. The van der Waals surface area contributed by atoms with E-state index in [0.717, 1.165) is 12.1 Å². The Morgan fingerprint density at radius 1 is 1.21 bits per heavy atom. The molecule has 0 spiro atoms. The summed E-state index contributed by atoms with van der Waals surface area (Å²) in [5.41, 5.74) is -0.405. The molecule has 6 nitrogen and oxygen atoms in total. The lowest BCUT2D eigenvalue weighted by molar-refractivity contribution is -0.137. The number of hydrogen-bond donors (Lipinski definition) is 1. The zero-order chi connectivity index (χ0) is 22.0. The minimum atomic E-state index is -4.48. The van der Waals surface area contributed by atoms with Crippen LogP contribution < -0.4 is 5.32 Å². The Labute approximate surface area is 167 Å². The van der Waals surface area contributed by atoms with Gasteiger partial charge in [0.15, 0.2) is 0 Å². The Morgan fingerprint density at radius 2 is 1.86 bits per heavy atom. The van der Waals surface area contributed by atoms with E-state index in [1.807, 2.05) is 20.8 Å². The highest BCUT2D eigenvalue weighted by molar-refractivity contribution is 5.97. The number of alkyl halides is 3. The van der Waals surface area contributed by atoms with Crippen molar-refractivity contribution in [3.8, 4) is 5.69 Å². The molecule has 0 aliphatic heterocycles. The molecule has 1 heterocycles. The van der Waals surface area contributed by atoms with Gasteiger partial charge in [0.2, 0.25) is 5.91 Å². The Kier molecular flexibility index (Phi) is 6.40. The first-order chi connectivity index (χ1) is 13.3. The van der Waals surface area contributed by atoms with E-state index in [0.29, 0.717) is 12.2 Å². The van der Waals surface area contributed by atoms with Crippen LogP contribution in [0.25, 0.3) is 5.69 Å². The Morgan fingerprint density at radius 3 is 2.41 bits per heavy atom. The van der Waals surface area contributed by atoms with Crippen molar-refractivity contribution in [2.45, 2.75) is 46.3 Å². The lowest BCUT2D eigenvalue weighted by Gasteiger charge is -2.25. The molecule has 0 aliphatic carbocycles. The normalized spacial score (nSPS) is 12.0. The van der Waals surface area contributed by atoms with Crippen LogP contribution in [0.15, 0.2) is 30.5 Å². The lowest BCUT2D eigenvalue weighted by Crippen LogP contribution is -2.47. The van der Waals surface area contributed by atoms with Crippen LogP contribution in [0.3, 0.4) is 0 Å². The van der Waals surface area contributed by atoms with Gasteiger partial charge in [-0.3, -0.25) is 9.59 Å². The fraction of sp³-hybridized carbons (Fsp3) is 0.450. The van der Waals surface area contributed by atoms with Crippen molar-refractivity contribution in [2.75, 3.05) is 13.1 Å². The van der Waals surface area contributed by atoms with Gasteiger partial charge in [-0.2, -0.15) is 18.3 Å². The number of carbonyl (C=O) groups is 2. The molecule has 0 saturated carbocycles. The topological polar surface area (TPSA) is 67.2 Å². The summed E-state index contributed by atoms with van der Waals surface area (Å²) < 4.78 is 40.2. The summed E-state index contributed by atoms with van der Waals surface area (Å²) in [6, 6.07) is 4.72. The molecule has 2 amide bonds. The summed E-state index contributed by atoms with van der Waals surface area (Å²) in [7, 11) is 0. The molecular formula is C20H25F3N4O2. The second kappa shape index (κ2) is 8.26. The molecule has 0 atom stereocenters. The van der Waals surface area contributed by atoms with Crippen molar-refractivity contribution in [3.63, 3.8) is 0 Å². The monoisotopic (exact) mass is 410 g/mol. The molecular weight excluding hydrogens is 385 g/mol. The van der Waals surface area contributed by atoms with E-state index in [4.69, 9.17) is 0 Å². The van der Waals surface area contributed by atoms with E-state index in [2.05, 4.69) is 10.4 Å². The number of benzene rings is 1. The second-order valence-corrected chi connectivity index (χ2v) is 7.72. The number of carbonyl (C=O) groups excluding carboxylic acids is 2. The number of amides is 2. The molecule has 0 fully saturated rings. The largest absolute Gasteiger partial charge is 0.416 e. The molecule has 0 radical (unpaired) electrons. The fourth-order valence-corrected chi connectivity index (χ4v) is 2.82. The van der Waals surface area contributed by atoms with Crippen molar-refractivity contribution in [1.82, 2.24) is 20.0 Å². The third kappa shape index (κ3) is 5.58. The molecule has 9 heteroatoms. The number of rotatable bonds is 5. The summed E-state index contributed by atoms with van der Waals surface area (Å²) in [6.45, 7) is 9.04. The maximum Gasteiger partial charge on any atom is 0.416 e. The molecule has 1 aromatic carbocycles. The van der Waals surface area contributed by atoms with Crippen LogP contribution in [0.5, 0.6) is 0 Å². The number of hydrogen-bond acceptors (Lipinski definition) is 3. The van der Waals surface area contributed by atoms with Crippen LogP contribution in [-0.4, -0.2) is 45.1 Å². The van der Waals surface area contributed by atoms with Crippen LogP contribution in [0, 0.1) is 6.92 Å². The highest BCUT2D eigenvalue weighted by atomic mass is 19.4. The van der Waals surface area contributed by atoms with Crippen LogP contribution >= 0.6 is 0 Å². The molecule has 2 aromatic rings. The van der Waals surface area contributed by atoms with E-state index in [1.54, 1.807) is 13.8 Å². The van der Waals surface area contributed by atoms with Crippen LogP contribution in [0.2, 0.25) is 0 Å². The predicted octanol–water partition coefficient (Wildman–Crippen LogP) is 3.58. The van der Waals surface area contributed by atoms with Gasteiger partial charge in [0.05, 0.1) is 35.2 Å². The average Bonchev–Trinajstić information content (AvgIpc) is 2.98. The molecule has 0 aliphatic rings. The van der Waals surface area contributed by atoms with Gasteiger partial charge in [-0.25, -0.2) is 4.68 Å². The Bertz CT molecular complexity index is 898. The van der Waals surface area contributed by atoms with Gasteiger partial charge >= 0.3 is 6.18 Å². The summed E-state index contributed by atoms with van der Waals surface area (Å²) in [4.78, 5) is 26.4. The zero-order valence-corrected chi connectivity index (χ0v) is 17.1. The predicted molar refractivity (Wildman–Crippen MR) is 103 cm³/mol. The number of likely N-dealkylation sites (N-methyl/N-ethyl adjacent to an activating group) is 1. The van der Waals surface area contributed by atoms with E-state index < -0.39 is 23.2 Å². The smallest absolute Gasteiger partial charge is 0.350 e.